The summed E-state index contributed by atoms with van der Waals surface area (Å²) in [6.07, 6.45) is -1.08. The Hall–Kier alpha value is -3.04. The molecule has 0 heterocycles. The number of carbonyl (C=O) groups excluding carboxylic acids is 2. The summed E-state index contributed by atoms with van der Waals surface area (Å²) in [6, 6.07) is 4.87. The van der Waals surface area contributed by atoms with Crippen LogP contribution in [0.15, 0.2) is 24.3 Å². The van der Waals surface area contributed by atoms with Gasteiger partial charge >= 0.3 is 11.9 Å². The van der Waals surface area contributed by atoms with Gasteiger partial charge in [0.05, 0.1) is 23.0 Å². The molecule has 0 bridgehead atoms. The van der Waals surface area contributed by atoms with E-state index in [9.17, 15) is 29.8 Å². The van der Waals surface area contributed by atoms with Crippen molar-refractivity contribution in [1.82, 2.24) is 0 Å². The van der Waals surface area contributed by atoms with Crippen molar-refractivity contribution < 1.29 is 28.9 Å². The maximum atomic E-state index is 12.5. The van der Waals surface area contributed by atoms with Gasteiger partial charge in [-0.05, 0) is 33.3 Å². The first-order valence-electron chi connectivity index (χ1n) is 8.30. The second kappa shape index (κ2) is 9.60. The molecule has 1 rings (SSSR count). The summed E-state index contributed by atoms with van der Waals surface area (Å²) in [6.45, 7) is 5.57. The predicted octanol–water partition coefficient (Wildman–Crippen LogP) is 2.47. The Morgan fingerprint density at radius 1 is 0.926 bits per heavy atom. The van der Waals surface area contributed by atoms with E-state index in [0.717, 1.165) is 12.1 Å². The predicted molar refractivity (Wildman–Crippen MR) is 93.6 cm³/mol. The van der Waals surface area contributed by atoms with Crippen LogP contribution in [0, 0.1) is 26.1 Å². The van der Waals surface area contributed by atoms with Gasteiger partial charge in [-0.1, -0.05) is 12.1 Å². The molecule has 27 heavy (non-hydrogen) atoms. The molecule has 0 fully saturated rings. The van der Waals surface area contributed by atoms with Crippen LogP contribution in [-0.4, -0.2) is 40.5 Å². The Morgan fingerprint density at radius 2 is 1.37 bits per heavy atom. The van der Waals surface area contributed by atoms with Gasteiger partial charge in [-0.25, -0.2) is 0 Å². The number of rotatable bonds is 9. The minimum Gasteiger partial charge on any atom is -0.462 e. The Labute approximate surface area is 155 Å². The summed E-state index contributed by atoms with van der Waals surface area (Å²) in [5.74, 6) is -4.65. The zero-order valence-corrected chi connectivity index (χ0v) is 15.5. The number of ether oxygens (including phenoxy) is 2. The van der Waals surface area contributed by atoms with E-state index in [4.69, 9.17) is 9.47 Å². The molecule has 0 aliphatic carbocycles. The first kappa shape index (κ1) is 22.0. The van der Waals surface area contributed by atoms with Crippen molar-refractivity contribution in [3.63, 3.8) is 0 Å². The second-order valence-electron chi connectivity index (χ2n) is 6.42. The number of hydrogen-bond acceptors (Lipinski definition) is 8. The molecule has 1 aromatic carbocycles. The fraction of sp³-hybridized carbons (Fsp3) is 0.529. The fourth-order valence-electron chi connectivity index (χ4n) is 2.44. The Bertz CT molecular complexity index is 677. The Balaban J connectivity index is 3.35. The van der Waals surface area contributed by atoms with Gasteiger partial charge in [0.25, 0.3) is 5.69 Å². The van der Waals surface area contributed by atoms with E-state index in [1.165, 1.54) is 12.1 Å². The molecule has 148 valence electrons. The maximum Gasteiger partial charge on any atom is 0.321 e. The number of nitro benzene ring substituents is 1. The quantitative estimate of drug-likeness (QED) is 0.275. The lowest BCUT2D eigenvalue weighted by atomic mass is 9.85. The normalized spacial score (nSPS) is 12.1. The third-order valence-corrected chi connectivity index (χ3v) is 3.49. The summed E-state index contributed by atoms with van der Waals surface area (Å²) in [5.41, 5.74) is 0.00776. The van der Waals surface area contributed by atoms with Crippen molar-refractivity contribution in [2.24, 2.45) is 5.92 Å². The molecule has 0 saturated carbocycles. The van der Waals surface area contributed by atoms with Gasteiger partial charge in [-0.15, -0.1) is 0 Å². The smallest absolute Gasteiger partial charge is 0.321 e. The van der Waals surface area contributed by atoms with Crippen LogP contribution in [0.3, 0.4) is 0 Å². The number of non-ortho nitro benzene ring substituents is 1. The number of nitro groups is 2. The zero-order chi connectivity index (χ0) is 20.7. The van der Waals surface area contributed by atoms with E-state index in [1.807, 2.05) is 0 Å². The summed E-state index contributed by atoms with van der Waals surface area (Å²) in [7, 11) is 0. The van der Waals surface area contributed by atoms with Crippen molar-refractivity contribution in [1.29, 1.82) is 0 Å². The van der Waals surface area contributed by atoms with E-state index >= 15 is 0 Å². The highest BCUT2D eigenvalue weighted by molar-refractivity contribution is 5.96. The highest BCUT2D eigenvalue weighted by atomic mass is 16.6. The van der Waals surface area contributed by atoms with Crippen LogP contribution in [0.25, 0.3) is 0 Å². The van der Waals surface area contributed by atoms with Crippen molar-refractivity contribution in [2.75, 3.05) is 6.54 Å². The lowest BCUT2D eigenvalue weighted by molar-refractivity contribution is -0.484. The largest absolute Gasteiger partial charge is 0.462 e. The summed E-state index contributed by atoms with van der Waals surface area (Å²) in [5, 5.41) is 21.9. The summed E-state index contributed by atoms with van der Waals surface area (Å²) >= 11 is 0. The minimum atomic E-state index is -1.57. The van der Waals surface area contributed by atoms with Gasteiger partial charge in [0.1, 0.15) is 0 Å². The van der Waals surface area contributed by atoms with Gasteiger partial charge in [0.2, 0.25) is 6.54 Å². The third kappa shape index (κ3) is 6.65. The Kier molecular flexibility index (Phi) is 7.82. The fourth-order valence-corrected chi connectivity index (χ4v) is 2.44. The number of nitrogens with zero attached hydrogens (tertiary/aromatic N) is 2. The molecule has 0 spiro atoms. The van der Waals surface area contributed by atoms with E-state index in [0.29, 0.717) is 0 Å². The molecular weight excluding hydrogens is 360 g/mol. The van der Waals surface area contributed by atoms with Crippen molar-refractivity contribution in [3.05, 3.63) is 50.1 Å². The number of benzene rings is 1. The first-order chi connectivity index (χ1) is 12.5. The molecule has 0 aliphatic rings. The summed E-state index contributed by atoms with van der Waals surface area (Å²) in [4.78, 5) is 45.7. The topological polar surface area (TPSA) is 139 Å². The molecule has 0 radical (unpaired) electrons. The molecule has 1 atom stereocenters. The first-order valence-corrected chi connectivity index (χ1v) is 8.30. The molecular formula is C17H22N2O8. The zero-order valence-electron chi connectivity index (χ0n) is 15.5. The van der Waals surface area contributed by atoms with Crippen LogP contribution in [0.1, 0.15) is 39.2 Å². The van der Waals surface area contributed by atoms with Crippen molar-refractivity contribution in [2.45, 2.75) is 45.8 Å². The average Bonchev–Trinajstić information content (AvgIpc) is 2.52. The van der Waals surface area contributed by atoms with Gasteiger partial charge in [-0.3, -0.25) is 29.8 Å². The van der Waals surface area contributed by atoms with Crippen LogP contribution < -0.4 is 0 Å². The number of hydrogen-bond donors (Lipinski definition) is 0. The van der Waals surface area contributed by atoms with Crippen LogP contribution >= 0.6 is 0 Å². The molecule has 10 nitrogen and oxygen atoms in total. The molecule has 0 amide bonds. The highest BCUT2D eigenvalue weighted by Gasteiger charge is 2.42. The molecule has 0 unspecified atom stereocenters. The average molecular weight is 382 g/mol. The maximum absolute atomic E-state index is 12.5. The Morgan fingerprint density at radius 3 is 1.70 bits per heavy atom. The third-order valence-electron chi connectivity index (χ3n) is 3.49. The van der Waals surface area contributed by atoms with E-state index < -0.39 is 52.4 Å². The molecule has 0 aromatic heterocycles. The molecule has 0 N–H and O–H groups in total. The highest BCUT2D eigenvalue weighted by Crippen LogP contribution is 2.30. The van der Waals surface area contributed by atoms with Gasteiger partial charge in [0.15, 0.2) is 5.92 Å². The van der Waals surface area contributed by atoms with Gasteiger partial charge < -0.3 is 9.47 Å². The molecule has 0 saturated heterocycles. The standard InChI is InChI=1S/C17H22N2O8/c1-10(2)26-16(20)15(17(21)27-11(3)4)14(9-18(22)23)12-5-7-13(8-6-12)19(24)25/h5-8,10-11,14-15H,9H2,1-4H3/t14-/m1/s1. The van der Waals surface area contributed by atoms with Crippen molar-refractivity contribution in [3.8, 4) is 0 Å². The SMILES string of the molecule is CC(C)OC(=O)C(C(=O)OC(C)C)[C@H](C[N+](=O)[O-])c1ccc([N+](=O)[O-])cc1. The van der Waals surface area contributed by atoms with Crippen LogP contribution in [-0.2, 0) is 19.1 Å². The molecule has 10 heteroatoms. The van der Waals surface area contributed by atoms with E-state index in [2.05, 4.69) is 0 Å². The summed E-state index contributed by atoms with van der Waals surface area (Å²) < 4.78 is 10.2. The van der Waals surface area contributed by atoms with Crippen LogP contribution in [0.4, 0.5) is 5.69 Å². The minimum absolute atomic E-state index is 0.218. The van der Waals surface area contributed by atoms with Crippen LogP contribution in [0.5, 0.6) is 0 Å². The van der Waals surface area contributed by atoms with Crippen molar-refractivity contribution >= 4 is 17.6 Å². The van der Waals surface area contributed by atoms with Crippen LogP contribution in [0.2, 0.25) is 0 Å². The number of esters is 2. The lowest BCUT2D eigenvalue weighted by Gasteiger charge is -2.24. The van der Waals surface area contributed by atoms with E-state index in [1.54, 1.807) is 27.7 Å². The monoisotopic (exact) mass is 382 g/mol. The molecule has 0 aliphatic heterocycles. The lowest BCUT2D eigenvalue weighted by Crippen LogP contribution is -2.38. The van der Waals surface area contributed by atoms with Gasteiger partial charge in [-0.2, -0.15) is 0 Å². The second-order valence-corrected chi connectivity index (χ2v) is 6.42. The number of carbonyl (C=O) groups is 2. The molecule has 1 aromatic rings. The van der Waals surface area contributed by atoms with E-state index in [-0.39, 0.29) is 11.3 Å². The van der Waals surface area contributed by atoms with Gasteiger partial charge in [0, 0.05) is 17.1 Å².